The van der Waals surface area contributed by atoms with Crippen LogP contribution in [-0.4, -0.2) is 52.5 Å². The standard InChI is InChI=1S/C19H29N3O3S/c1-20-10-7-15-8-11-22(12-9-15)19(23)17-3-2-4-18(13-17)26(24,25)21-14-16-5-6-16/h2-4,13,15-16,20-21H,5-12,14H2,1H3. The van der Waals surface area contributed by atoms with Crippen LogP contribution < -0.4 is 10.0 Å². The van der Waals surface area contributed by atoms with Crippen molar-refractivity contribution in [2.75, 3.05) is 33.2 Å². The number of rotatable bonds is 8. The molecule has 1 heterocycles. The fourth-order valence-corrected chi connectivity index (χ4v) is 4.55. The first-order valence-corrected chi connectivity index (χ1v) is 11.0. The van der Waals surface area contributed by atoms with E-state index in [9.17, 15) is 13.2 Å². The third-order valence-electron chi connectivity index (χ3n) is 5.35. The molecular formula is C19H29N3O3S. The highest BCUT2D eigenvalue weighted by molar-refractivity contribution is 7.89. The number of nitrogens with zero attached hydrogens (tertiary/aromatic N) is 1. The van der Waals surface area contributed by atoms with E-state index in [-0.39, 0.29) is 10.8 Å². The molecule has 1 saturated heterocycles. The van der Waals surface area contributed by atoms with Gasteiger partial charge in [0, 0.05) is 25.2 Å². The van der Waals surface area contributed by atoms with E-state index < -0.39 is 10.0 Å². The van der Waals surface area contributed by atoms with Crippen molar-refractivity contribution in [3.63, 3.8) is 0 Å². The summed E-state index contributed by atoms with van der Waals surface area (Å²) in [5.74, 6) is 1.06. The average molecular weight is 380 g/mol. The second-order valence-electron chi connectivity index (χ2n) is 7.45. The Morgan fingerprint density at radius 3 is 2.54 bits per heavy atom. The van der Waals surface area contributed by atoms with Gasteiger partial charge in [0.15, 0.2) is 0 Å². The Balaban J connectivity index is 1.61. The maximum atomic E-state index is 12.8. The van der Waals surface area contributed by atoms with Crippen LogP contribution in [0.3, 0.4) is 0 Å². The van der Waals surface area contributed by atoms with Gasteiger partial charge in [0.05, 0.1) is 4.90 Å². The highest BCUT2D eigenvalue weighted by Crippen LogP contribution is 2.28. The van der Waals surface area contributed by atoms with Crippen LogP contribution in [-0.2, 0) is 10.0 Å². The van der Waals surface area contributed by atoms with E-state index in [0.29, 0.717) is 23.9 Å². The van der Waals surface area contributed by atoms with Crippen LogP contribution in [0.5, 0.6) is 0 Å². The monoisotopic (exact) mass is 379 g/mol. The Hall–Kier alpha value is -1.44. The highest BCUT2D eigenvalue weighted by atomic mass is 32.2. The van der Waals surface area contributed by atoms with Crippen LogP contribution in [0.1, 0.15) is 42.5 Å². The summed E-state index contributed by atoms with van der Waals surface area (Å²) in [5, 5.41) is 3.17. The topological polar surface area (TPSA) is 78.5 Å². The molecule has 0 unspecified atom stereocenters. The van der Waals surface area contributed by atoms with Crippen LogP contribution >= 0.6 is 0 Å². The number of likely N-dealkylation sites (tertiary alicyclic amines) is 1. The van der Waals surface area contributed by atoms with Gasteiger partial charge in [0.25, 0.3) is 5.91 Å². The molecule has 0 spiro atoms. The molecule has 2 fully saturated rings. The van der Waals surface area contributed by atoms with Crippen molar-refractivity contribution < 1.29 is 13.2 Å². The molecule has 0 atom stereocenters. The number of hydrogen-bond donors (Lipinski definition) is 2. The summed E-state index contributed by atoms with van der Waals surface area (Å²) in [6.07, 6.45) is 5.33. The minimum absolute atomic E-state index is 0.0729. The summed E-state index contributed by atoms with van der Waals surface area (Å²) in [7, 11) is -1.59. The summed E-state index contributed by atoms with van der Waals surface area (Å²) in [4.78, 5) is 14.8. The summed E-state index contributed by atoms with van der Waals surface area (Å²) in [6.45, 7) is 2.97. The lowest BCUT2D eigenvalue weighted by Gasteiger charge is -2.32. The van der Waals surface area contributed by atoms with E-state index in [1.165, 1.54) is 6.07 Å². The number of sulfonamides is 1. The summed E-state index contributed by atoms with van der Waals surface area (Å²) < 4.78 is 27.5. The van der Waals surface area contributed by atoms with Gasteiger partial charge in [-0.25, -0.2) is 13.1 Å². The third kappa shape index (κ3) is 5.05. The van der Waals surface area contributed by atoms with Crippen LogP contribution in [0, 0.1) is 11.8 Å². The number of piperidine rings is 1. The van der Waals surface area contributed by atoms with Crippen molar-refractivity contribution in [1.82, 2.24) is 14.9 Å². The van der Waals surface area contributed by atoms with Gasteiger partial charge in [-0.3, -0.25) is 4.79 Å². The lowest BCUT2D eigenvalue weighted by Crippen LogP contribution is -2.39. The van der Waals surface area contributed by atoms with Crippen LogP contribution in [0.4, 0.5) is 0 Å². The van der Waals surface area contributed by atoms with Gasteiger partial charge in [-0.1, -0.05) is 6.07 Å². The van der Waals surface area contributed by atoms with E-state index in [1.54, 1.807) is 18.2 Å². The van der Waals surface area contributed by atoms with Gasteiger partial charge >= 0.3 is 0 Å². The molecule has 0 radical (unpaired) electrons. The van der Waals surface area contributed by atoms with Crippen molar-refractivity contribution in [3.05, 3.63) is 29.8 Å². The molecule has 144 valence electrons. The molecule has 1 aromatic carbocycles. The predicted molar refractivity (Wildman–Crippen MR) is 102 cm³/mol. The summed E-state index contributed by atoms with van der Waals surface area (Å²) in [6, 6.07) is 6.41. The number of benzene rings is 1. The first-order chi connectivity index (χ1) is 12.5. The van der Waals surface area contributed by atoms with Crippen molar-refractivity contribution in [2.24, 2.45) is 11.8 Å². The Morgan fingerprint density at radius 1 is 1.15 bits per heavy atom. The van der Waals surface area contributed by atoms with Crippen LogP contribution in [0.25, 0.3) is 0 Å². The van der Waals surface area contributed by atoms with Crippen LogP contribution in [0.15, 0.2) is 29.2 Å². The van der Waals surface area contributed by atoms with E-state index >= 15 is 0 Å². The average Bonchev–Trinajstić information content (AvgIpc) is 3.49. The van der Waals surface area contributed by atoms with Crippen molar-refractivity contribution in [2.45, 2.75) is 37.0 Å². The fraction of sp³-hybridized carbons (Fsp3) is 0.632. The van der Waals surface area contributed by atoms with E-state index in [1.807, 2.05) is 11.9 Å². The number of amides is 1. The van der Waals surface area contributed by atoms with E-state index in [2.05, 4.69) is 10.0 Å². The minimum Gasteiger partial charge on any atom is -0.339 e. The number of carbonyl (C=O) groups excluding carboxylic acids is 1. The van der Waals surface area contributed by atoms with E-state index in [4.69, 9.17) is 0 Å². The lowest BCUT2D eigenvalue weighted by atomic mass is 9.93. The maximum absolute atomic E-state index is 12.8. The zero-order valence-electron chi connectivity index (χ0n) is 15.4. The smallest absolute Gasteiger partial charge is 0.253 e. The normalized spacial score (nSPS) is 18.9. The Morgan fingerprint density at radius 2 is 1.88 bits per heavy atom. The Labute approximate surface area is 156 Å². The quantitative estimate of drug-likeness (QED) is 0.722. The molecule has 1 saturated carbocycles. The molecule has 26 heavy (non-hydrogen) atoms. The predicted octanol–water partition coefficient (Wildman–Crippen LogP) is 1.84. The second-order valence-corrected chi connectivity index (χ2v) is 9.22. The van der Waals surface area contributed by atoms with Crippen molar-refractivity contribution in [3.8, 4) is 0 Å². The number of nitrogens with one attached hydrogen (secondary N) is 2. The van der Waals surface area contributed by atoms with Gasteiger partial charge < -0.3 is 10.2 Å². The van der Waals surface area contributed by atoms with E-state index in [0.717, 1.165) is 51.7 Å². The third-order valence-corrected chi connectivity index (χ3v) is 6.78. The van der Waals surface area contributed by atoms with Gasteiger partial charge in [-0.15, -0.1) is 0 Å². The maximum Gasteiger partial charge on any atom is 0.253 e. The largest absolute Gasteiger partial charge is 0.339 e. The minimum atomic E-state index is -3.55. The second kappa shape index (κ2) is 8.50. The van der Waals surface area contributed by atoms with Crippen LogP contribution in [0.2, 0.25) is 0 Å². The summed E-state index contributed by atoms with van der Waals surface area (Å²) in [5.41, 5.74) is 0.452. The molecule has 1 aromatic rings. The van der Waals surface area contributed by atoms with Crippen molar-refractivity contribution >= 4 is 15.9 Å². The van der Waals surface area contributed by atoms with Gasteiger partial charge in [0.2, 0.25) is 10.0 Å². The highest BCUT2D eigenvalue weighted by Gasteiger charge is 2.26. The molecule has 3 rings (SSSR count). The number of hydrogen-bond acceptors (Lipinski definition) is 4. The molecule has 6 nitrogen and oxygen atoms in total. The first-order valence-electron chi connectivity index (χ1n) is 9.53. The molecular weight excluding hydrogens is 350 g/mol. The molecule has 2 aliphatic rings. The molecule has 2 N–H and O–H groups in total. The zero-order chi connectivity index (χ0) is 18.6. The number of carbonyl (C=O) groups is 1. The first kappa shape index (κ1) is 19.3. The molecule has 7 heteroatoms. The van der Waals surface area contributed by atoms with Gasteiger partial charge in [-0.05, 0) is 75.7 Å². The molecule has 1 amide bonds. The molecule has 0 bridgehead atoms. The van der Waals surface area contributed by atoms with Gasteiger partial charge in [-0.2, -0.15) is 0 Å². The zero-order valence-corrected chi connectivity index (χ0v) is 16.2. The van der Waals surface area contributed by atoms with Crippen molar-refractivity contribution in [1.29, 1.82) is 0 Å². The lowest BCUT2D eigenvalue weighted by molar-refractivity contribution is 0.0687. The Kier molecular flexibility index (Phi) is 6.32. The molecule has 1 aliphatic carbocycles. The summed E-state index contributed by atoms with van der Waals surface area (Å²) >= 11 is 0. The molecule has 1 aliphatic heterocycles. The molecule has 0 aromatic heterocycles. The fourth-order valence-electron chi connectivity index (χ4n) is 3.38. The SMILES string of the molecule is CNCCC1CCN(C(=O)c2cccc(S(=O)(=O)NCC3CC3)c2)CC1. The van der Waals surface area contributed by atoms with Gasteiger partial charge in [0.1, 0.15) is 0 Å². The Bertz CT molecular complexity index is 723.